The zero-order valence-electron chi connectivity index (χ0n) is 22.3. The first kappa shape index (κ1) is 14.6. The Kier molecular flexibility index (Phi) is 4.65. The van der Waals surface area contributed by atoms with Crippen molar-refractivity contribution in [3.8, 4) is 5.75 Å². The van der Waals surface area contributed by atoms with Crippen LogP contribution in [0.2, 0.25) is 0 Å². The first-order valence-electron chi connectivity index (χ1n) is 12.4. The molecule has 10 nitrogen and oxygen atoms in total. The highest BCUT2D eigenvalue weighted by Gasteiger charge is 2.47. The molecular formula is C19H28O10. The highest BCUT2D eigenvalue weighted by atomic mass is 16.7. The van der Waals surface area contributed by atoms with Gasteiger partial charge >= 0.3 is 0 Å². The average molecular weight is 423 g/mol. The van der Waals surface area contributed by atoms with Crippen molar-refractivity contribution >= 4 is 0 Å². The van der Waals surface area contributed by atoms with Crippen molar-refractivity contribution in [2.24, 2.45) is 0 Å². The van der Waals surface area contributed by atoms with Gasteiger partial charge in [0, 0.05) is 4.11 Å². The van der Waals surface area contributed by atoms with E-state index in [4.69, 9.17) is 28.5 Å². The summed E-state index contributed by atoms with van der Waals surface area (Å²) in [5.74, 6) is -0.762. The van der Waals surface area contributed by atoms with Crippen molar-refractivity contribution in [3.63, 3.8) is 0 Å². The third-order valence-electron chi connectivity index (χ3n) is 4.74. The van der Waals surface area contributed by atoms with E-state index in [1.165, 1.54) is 6.92 Å². The van der Waals surface area contributed by atoms with Crippen LogP contribution in [-0.4, -0.2) is 98.7 Å². The molecule has 0 aromatic heterocycles. The molecule has 10 heteroatoms. The van der Waals surface area contributed by atoms with Crippen LogP contribution >= 0.6 is 0 Å². The van der Waals surface area contributed by atoms with E-state index in [1.807, 2.05) is 0 Å². The van der Waals surface area contributed by atoms with Crippen LogP contribution in [0.15, 0.2) is 24.2 Å². The van der Waals surface area contributed by atoms with Crippen LogP contribution in [0, 0.1) is 6.85 Å². The first-order chi connectivity index (χ1) is 16.6. The van der Waals surface area contributed by atoms with E-state index in [2.05, 4.69) is 0 Å². The summed E-state index contributed by atoms with van der Waals surface area (Å²) in [6, 6.07) is -3.52. The lowest BCUT2D eigenvalue weighted by Crippen LogP contribution is -2.61. The lowest BCUT2D eigenvalue weighted by molar-refractivity contribution is -0.318. The summed E-state index contributed by atoms with van der Waals surface area (Å²) < 4.78 is 75.6. The highest BCUT2D eigenvalue weighted by molar-refractivity contribution is 5.26. The second-order valence-corrected chi connectivity index (χ2v) is 6.85. The summed E-state index contributed by atoms with van der Waals surface area (Å²) in [5.41, 5.74) is -0.829. The molecule has 2 saturated heterocycles. The standard InChI is InChI=1S/C19H28O10/c1-8-3-5-10(6-4-8)28-19-17(25)15(23)13(21)11(29-19)7-26-18-16(24)14(22)12(20)9(2)27-18/h3-6,9,11-25H,7H2,1-2H3/t9-,11+,12-,13+,14+,15-,16+,17+,18+,19+/m0/s1/i1D3,3D,4D,5D,6D. The van der Waals surface area contributed by atoms with Crippen molar-refractivity contribution in [2.75, 3.05) is 6.61 Å². The minimum atomic E-state index is -2.95. The molecule has 1 aromatic rings. The quantitative estimate of drug-likeness (QED) is 0.314. The molecule has 6 N–H and O–H groups in total. The van der Waals surface area contributed by atoms with Crippen LogP contribution in [-0.2, 0) is 14.2 Å². The molecule has 2 aliphatic heterocycles. The maximum absolute atomic E-state index is 10.3. The van der Waals surface area contributed by atoms with E-state index in [9.17, 15) is 30.6 Å². The second kappa shape index (κ2) is 9.21. The van der Waals surface area contributed by atoms with E-state index in [0.29, 0.717) is 0 Å². The molecular weight excluding hydrogens is 388 g/mol. The van der Waals surface area contributed by atoms with Crippen molar-refractivity contribution in [2.45, 2.75) is 75.2 Å². The molecule has 29 heavy (non-hydrogen) atoms. The number of hydrogen-bond acceptors (Lipinski definition) is 10. The van der Waals surface area contributed by atoms with Gasteiger partial charge in [0.25, 0.3) is 0 Å². The predicted molar refractivity (Wildman–Crippen MR) is 96.8 cm³/mol. The molecule has 10 atom stereocenters. The van der Waals surface area contributed by atoms with Gasteiger partial charge in [-0.1, -0.05) is 17.6 Å². The topological polar surface area (TPSA) is 158 Å². The van der Waals surface area contributed by atoms with Gasteiger partial charge in [-0.2, -0.15) is 0 Å². The zero-order valence-corrected chi connectivity index (χ0v) is 15.3. The SMILES string of the molecule is [2H]c1c([2H])c(C([2H])([2H])[2H])c([2H])c([2H])c1O[C@@H]1O[C@H](CO[C@@H]2O[C@@H](C)[C@H](O)[C@@H](O)[C@H]2O)[C@@H](O)[C@H](O)[C@H]1O. The van der Waals surface area contributed by atoms with Crippen LogP contribution < -0.4 is 4.74 Å². The van der Waals surface area contributed by atoms with Gasteiger partial charge in [-0.15, -0.1) is 0 Å². The molecule has 0 spiro atoms. The highest BCUT2D eigenvalue weighted by Crippen LogP contribution is 2.27. The third-order valence-corrected chi connectivity index (χ3v) is 4.74. The monoisotopic (exact) mass is 423 g/mol. The molecule has 0 saturated carbocycles. The lowest BCUT2D eigenvalue weighted by atomic mass is 9.98. The third kappa shape index (κ3) is 4.88. The summed E-state index contributed by atoms with van der Waals surface area (Å²) in [4.78, 5) is 0. The molecule has 0 bridgehead atoms. The van der Waals surface area contributed by atoms with E-state index in [0.717, 1.165) is 0 Å². The fourth-order valence-corrected chi connectivity index (χ4v) is 2.97. The normalized spacial score (nSPS) is 47.1. The molecule has 2 heterocycles. The Morgan fingerprint density at radius 2 is 1.48 bits per heavy atom. The molecule has 1 aromatic carbocycles. The fraction of sp³-hybridized carbons (Fsp3) is 0.684. The number of aliphatic hydroxyl groups is 6. The van der Waals surface area contributed by atoms with Gasteiger partial charge in [0.15, 0.2) is 6.29 Å². The van der Waals surface area contributed by atoms with Crippen LogP contribution in [0.3, 0.4) is 0 Å². The number of benzene rings is 1. The Bertz CT molecular complexity index is 921. The molecule has 164 valence electrons. The smallest absolute Gasteiger partial charge is 0.229 e. The van der Waals surface area contributed by atoms with Crippen molar-refractivity contribution in [1.82, 2.24) is 0 Å². The Balaban J connectivity index is 1.80. The minimum absolute atomic E-state index is 0.588. The van der Waals surface area contributed by atoms with Gasteiger partial charge in [-0.05, 0) is 25.9 Å². The van der Waals surface area contributed by atoms with E-state index in [-0.39, 0.29) is 0 Å². The Hall–Kier alpha value is -1.34. The minimum Gasteiger partial charge on any atom is -0.462 e. The van der Waals surface area contributed by atoms with E-state index >= 15 is 0 Å². The molecule has 2 aliphatic rings. The van der Waals surface area contributed by atoms with Crippen LogP contribution in [0.4, 0.5) is 0 Å². The van der Waals surface area contributed by atoms with Gasteiger partial charge in [0.1, 0.15) is 48.5 Å². The summed E-state index contributed by atoms with van der Waals surface area (Å²) >= 11 is 0. The number of ether oxygens (including phenoxy) is 4. The maximum atomic E-state index is 10.3. The second-order valence-electron chi connectivity index (χ2n) is 6.85. The van der Waals surface area contributed by atoms with E-state index in [1.54, 1.807) is 0 Å². The van der Waals surface area contributed by atoms with Gasteiger partial charge < -0.3 is 49.6 Å². The van der Waals surface area contributed by atoms with Gasteiger partial charge in [-0.25, -0.2) is 0 Å². The van der Waals surface area contributed by atoms with Crippen molar-refractivity contribution in [1.29, 1.82) is 0 Å². The molecule has 0 unspecified atom stereocenters. The number of aliphatic hydroxyl groups excluding tert-OH is 6. The Morgan fingerprint density at radius 1 is 0.862 bits per heavy atom. The van der Waals surface area contributed by atoms with Gasteiger partial charge in [-0.3, -0.25) is 0 Å². The summed E-state index contributed by atoms with van der Waals surface area (Å²) in [5, 5.41) is 60.6. The fourth-order valence-electron chi connectivity index (χ4n) is 2.97. The predicted octanol–water partition coefficient (Wildman–Crippen LogP) is -1.97. The number of hydrogen-bond donors (Lipinski definition) is 6. The van der Waals surface area contributed by atoms with E-state index < -0.39 is 110 Å². The van der Waals surface area contributed by atoms with Crippen LogP contribution in [0.25, 0.3) is 0 Å². The average Bonchev–Trinajstić information content (AvgIpc) is 2.80. The number of rotatable bonds is 5. The molecule has 3 rings (SSSR count). The molecule has 0 radical (unpaired) electrons. The summed E-state index contributed by atoms with van der Waals surface area (Å²) in [6.07, 6.45) is -15.9. The lowest BCUT2D eigenvalue weighted by Gasteiger charge is -2.42. The largest absolute Gasteiger partial charge is 0.462 e. The molecule has 0 amide bonds. The molecule has 0 aliphatic carbocycles. The Labute approximate surface area is 177 Å². The first-order valence-corrected chi connectivity index (χ1v) is 8.86. The van der Waals surface area contributed by atoms with Crippen LogP contribution in [0.5, 0.6) is 5.75 Å². The Morgan fingerprint density at radius 3 is 2.14 bits per heavy atom. The summed E-state index contributed by atoms with van der Waals surface area (Å²) in [6.45, 7) is -2.12. The maximum Gasteiger partial charge on any atom is 0.229 e. The van der Waals surface area contributed by atoms with Gasteiger partial charge in [0.2, 0.25) is 6.29 Å². The zero-order chi connectivity index (χ0) is 27.3. The van der Waals surface area contributed by atoms with Crippen molar-refractivity contribution < 1.29 is 59.2 Å². The van der Waals surface area contributed by atoms with Gasteiger partial charge in [0.05, 0.1) is 18.2 Å². The molecule has 2 fully saturated rings. The van der Waals surface area contributed by atoms with Crippen molar-refractivity contribution in [3.05, 3.63) is 29.7 Å². The van der Waals surface area contributed by atoms with Crippen LogP contribution in [0.1, 0.15) is 22.1 Å². The summed E-state index contributed by atoms with van der Waals surface area (Å²) in [7, 11) is 0.